The van der Waals surface area contributed by atoms with E-state index in [0.717, 1.165) is 11.7 Å². The fourth-order valence-electron chi connectivity index (χ4n) is 2.30. The first-order valence-corrected chi connectivity index (χ1v) is 10.4. The first kappa shape index (κ1) is 23.4. The molecule has 0 aliphatic heterocycles. The molecule has 0 spiro atoms. The topological polar surface area (TPSA) is 139 Å². The van der Waals surface area contributed by atoms with E-state index in [1.54, 1.807) is 0 Å². The van der Waals surface area contributed by atoms with Gasteiger partial charge in [0.15, 0.2) is 0 Å². The Morgan fingerprint density at radius 1 is 1.30 bits per heavy atom. The van der Waals surface area contributed by atoms with Crippen molar-refractivity contribution in [2.45, 2.75) is 31.5 Å². The maximum Gasteiger partial charge on any atom is 0.426 e. The summed E-state index contributed by atoms with van der Waals surface area (Å²) in [6, 6.07) is -1.99. The van der Waals surface area contributed by atoms with Crippen LogP contribution in [0.3, 0.4) is 0 Å². The van der Waals surface area contributed by atoms with E-state index in [2.05, 4.69) is 9.84 Å². The zero-order valence-corrected chi connectivity index (χ0v) is 17.3. The molecule has 0 saturated heterocycles. The molecule has 0 aliphatic carbocycles. The Kier molecular flexibility index (Phi) is 6.60. The molecule has 2 aromatic rings. The monoisotopic (exact) mass is 472 g/mol. The number of amides is 1. The molecule has 0 bridgehead atoms. The first-order chi connectivity index (χ1) is 13.9. The van der Waals surface area contributed by atoms with Gasteiger partial charge in [-0.3, -0.25) is 0 Å². The number of hydrogen-bond donors (Lipinski definition) is 1. The van der Waals surface area contributed by atoms with Crippen LogP contribution in [0.25, 0.3) is 0 Å². The highest BCUT2D eigenvalue weighted by Gasteiger charge is 2.43. The zero-order valence-electron chi connectivity index (χ0n) is 15.6. The van der Waals surface area contributed by atoms with Crippen LogP contribution in [0.5, 0.6) is 6.01 Å². The second-order valence-electron chi connectivity index (χ2n) is 5.36. The lowest BCUT2D eigenvalue weighted by Crippen LogP contribution is -2.41. The minimum Gasteiger partial charge on any atom is -0.467 e. The molecule has 2 aromatic heterocycles. The maximum absolute atomic E-state index is 13.3. The van der Waals surface area contributed by atoms with Gasteiger partial charge in [0.05, 0.1) is 19.3 Å². The number of esters is 1. The zero-order chi connectivity index (χ0) is 22.9. The van der Waals surface area contributed by atoms with Crippen molar-refractivity contribution in [3.05, 3.63) is 26.3 Å². The quantitative estimate of drug-likeness (QED) is 0.621. The molecule has 1 N–H and O–H groups in total. The Hall–Kier alpha value is -2.88. The highest BCUT2D eigenvalue weighted by Crippen LogP contribution is 2.40. The van der Waals surface area contributed by atoms with Gasteiger partial charge in [0.25, 0.3) is 10.0 Å². The normalized spacial score (nSPS) is 11.9. The van der Waals surface area contributed by atoms with Crippen LogP contribution in [-0.2, 0) is 27.5 Å². The van der Waals surface area contributed by atoms with Gasteiger partial charge in [0, 0.05) is 11.9 Å². The SMILES string of the molecule is CCOC(=O)c1csc(C(F)(F)F)c1S(=O)(=O)NC(=O)n1nc(OC)n(CC)c1=O. The van der Waals surface area contributed by atoms with E-state index in [1.165, 1.54) is 18.6 Å². The Labute approximate surface area is 171 Å². The van der Waals surface area contributed by atoms with Crippen LogP contribution in [-0.4, -0.2) is 48.5 Å². The van der Waals surface area contributed by atoms with E-state index in [0.29, 0.717) is 5.38 Å². The summed E-state index contributed by atoms with van der Waals surface area (Å²) in [4.78, 5) is 33.3. The lowest BCUT2D eigenvalue weighted by atomic mass is 10.3. The lowest BCUT2D eigenvalue weighted by molar-refractivity contribution is -0.136. The fourth-order valence-corrected chi connectivity index (χ4v) is 4.86. The van der Waals surface area contributed by atoms with Crippen molar-refractivity contribution in [1.29, 1.82) is 0 Å². The fraction of sp³-hybridized carbons (Fsp3) is 0.429. The summed E-state index contributed by atoms with van der Waals surface area (Å²) < 4.78 is 76.8. The van der Waals surface area contributed by atoms with E-state index in [1.807, 2.05) is 0 Å². The van der Waals surface area contributed by atoms with Crippen molar-refractivity contribution in [3.63, 3.8) is 0 Å². The van der Waals surface area contributed by atoms with Crippen LogP contribution < -0.4 is 15.1 Å². The number of methoxy groups -OCH3 is 1. The molecule has 2 rings (SSSR count). The Morgan fingerprint density at radius 3 is 2.40 bits per heavy atom. The number of carbonyl (C=O) groups is 2. The third kappa shape index (κ3) is 4.33. The number of aromatic nitrogens is 3. The van der Waals surface area contributed by atoms with Gasteiger partial charge in [0.1, 0.15) is 9.77 Å². The summed E-state index contributed by atoms with van der Waals surface area (Å²) in [7, 11) is -4.13. The molecule has 0 aliphatic rings. The minimum absolute atomic E-state index is 0.0117. The molecule has 0 saturated carbocycles. The molecule has 166 valence electrons. The average Bonchev–Trinajstić information content (AvgIpc) is 3.23. The van der Waals surface area contributed by atoms with E-state index in [4.69, 9.17) is 4.74 Å². The van der Waals surface area contributed by atoms with Crippen molar-refractivity contribution < 1.29 is 40.7 Å². The van der Waals surface area contributed by atoms with Gasteiger partial charge in [-0.1, -0.05) is 0 Å². The maximum atomic E-state index is 13.3. The third-order valence-corrected chi connectivity index (χ3v) is 6.07. The Morgan fingerprint density at radius 2 is 1.93 bits per heavy atom. The van der Waals surface area contributed by atoms with Crippen LogP contribution in [0.2, 0.25) is 0 Å². The smallest absolute Gasteiger partial charge is 0.426 e. The van der Waals surface area contributed by atoms with E-state index in [-0.39, 0.29) is 35.2 Å². The molecule has 0 unspecified atom stereocenters. The number of sulfonamides is 1. The van der Waals surface area contributed by atoms with Gasteiger partial charge >= 0.3 is 29.9 Å². The molecule has 0 fully saturated rings. The summed E-state index contributed by atoms with van der Waals surface area (Å²) in [5, 5.41) is 4.13. The largest absolute Gasteiger partial charge is 0.467 e. The van der Waals surface area contributed by atoms with Crippen LogP contribution in [0.1, 0.15) is 29.1 Å². The highest BCUT2D eigenvalue weighted by atomic mass is 32.2. The second-order valence-corrected chi connectivity index (χ2v) is 7.86. The number of halogens is 3. The number of nitrogens with zero attached hydrogens (tertiary/aromatic N) is 3. The molecule has 30 heavy (non-hydrogen) atoms. The Balaban J connectivity index is 2.56. The number of nitrogens with one attached hydrogen (secondary N) is 1. The lowest BCUT2D eigenvalue weighted by Gasteiger charge is -2.11. The summed E-state index contributed by atoms with van der Waals surface area (Å²) in [6.07, 6.45) is -5.15. The molecule has 16 heteroatoms. The third-order valence-electron chi connectivity index (χ3n) is 3.51. The van der Waals surface area contributed by atoms with Gasteiger partial charge in [-0.2, -0.15) is 13.2 Å². The summed E-state index contributed by atoms with van der Waals surface area (Å²) in [6.45, 7) is 2.66. The highest BCUT2D eigenvalue weighted by molar-refractivity contribution is 7.90. The van der Waals surface area contributed by atoms with Crippen molar-refractivity contribution in [3.8, 4) is 6.01 Å². The van der Waals surface area contributed by atoms with Crippen LogP contribution in [0.4, 0.5) is 18.0 Å². The van der Waals surface area contributed by atoms with Crippen molar-refractivity contribution >= 4 is 33.4 Å². The van der Waals surface area contributed by atoms with Crippen LogP contribution in [0.15, 0.2) is 15.1 Å². The molecule has 0 atom stereocenters. The molecule has 0 radical (unpaired) electrons. The summed E-state index contributed by atoms with van der Waals surface area (Å²) in [5.41, 5.74) is -1.99. The summed E-state index contributed by atoms with van der Waals surface area (Å²) >= 11 is -0.0605. The number of carbonyl (C=O) groups excluding carboxylic acids is 2. The second kappa shape index (κ2) is 8.47. The first-order valence-electron chi connectivity index (χ1n) is 8.05. The van der Waals surface area contributed by atoms with Crippen molar-refractivity contribution in [2.24, 2.45) is 0 Å². The van der Waals surface area contributed by atoms with E-state index in [9.17, 15) is 36.0 Å². The van der Waals surface area contributed by atoms with Crippen LogP contribution >= 0.6 is 11.3 Å². The molecule has 2 heterocycles. The molecule has 0 aromatic carbocycles. The van der Waals surface area contributed by atoms with Gasteiger partial charge < -0.3 is 9.47 Å². The minimum atomic E-state index is -5.27. The van der Waals surface area contributed by atoms with E-state index >= 15 is 0 Å². The molecular formula is C14H15F3N4O7S2. The standard InChI is InChI=1S/C14H15F3N4O7S2/c1-4-20-12(27-3)18-21(13(20)24)11(23)19-30(25,26)8-7(10(22)28-5-2)6-29-9(8)14(15,16)17/h6H,4-5H2,1-3H3,(H,19,23). The average molecular weight is 472 g/mol. The molecule has 11 nitrogen and oxygen atoms in total. The van der Waals surface area contributed by atoms with Gasteiger partial charge in [0.2, 0.25) is 0 Å². The Bertz CT molecular complexity index is 1130. The number of alkyl halides is 3. The van der Waals surface area contributed by atoms with Crippen molar-refractivity contribution in [2.75, 3.05) is 13.7 Å². The predicted octanol–water partition coefficient (Wildman–Crippen LogP) is 1.28. The number of ether oxygens (including phenoxy) is 2. The van der Waals surface area contributed by atoms with Gasteiger partial charge in [-0.05, 0) is 13.8 Å². The number of hydrogen-bond acceptors (Lipinski definition) is 9. The molecular weight excluding hydrogens is 457 g/mol. The van der Waals surface area contributed by atoms with Crippen molar-refractivity contribution in [1.82, 2.24) is 19.1 Å². The van der Waals surface area contributed by atoms with Gasteiger partial charge in [-0.15, -0.1) is 21.1 Å². The predicted molar refractivity (Wildman–Crippen MR) is 95.1 cm³/mol. The summed E-state index contributed by atoms with van der Waals surface area (Å²) in [5.74, 6) is -1.33. The van der Waals surface area contributed by atoms with Crippen LogP contribution in [0, 0.1) is 0 Å². The number of thiophene rings is 1. The van der Waals surface area contributed by atoms with E-state index < -0.39 is 49.2 Å². The molecule has 1 amide bonds. The number of rotatable bonds is 6. The van der Waals surface area contributed by atoms with Gasteiger partial charge in [-0.25, -0.2) is 32.1 Å².